The van der Waals surface area contributed by atoms with Crippen LogP contribution >= 0.6 is 0 Å². The van der Waals surface area contributed by atoms with Crippen LogP contribution in [0.4, 0.5) is 10.1 Å². The molecule has 1 aromatic heterocycles. The number of aromatic amines is 1. The van der Waals surface area contributed by atoms with Gasteiger partial charge in [0.25, 0.3) is 0 Å². The second-order valence-corrected chi connectivity index (χ2v) is 7.26. The molecular weight excluding hydrogens is 365 g/mol. The summed E-state index contributed by atoms with van der Waals surface area (Å²) in [7, 11) is 0. The molecule has 0 fully saturated rings. The van der Waals surface area contributed by atoms with E-state index in [1.54, 1.807) is 12.1 Å². The van der Waals surface area contributed by atoms with E-state index < -0.39 is 0 Å². The number of nitrogens with zero attached hydrogens (tertiary/aromatic N) is 1. The molecule has 0 bridgehead atoms. The van der Waals surface area contributed by atoms with E-state index >= 15 is 0 Å². The molecule has 0 saturated heterocycles. The highest BCUT2D eigenvalue weighted by Crippen LogP contribution is 2.16. The zero-order valence-electron chi connectivity index (χ0n) is 16.2. The van der Waals surface area contributed by atoms with Gasteiger partial charge >= 0.3 is 0 Å². The lowest BCUT2D eigenvalue weighted by Gasteiger charge is -2.07. The standard InChI is InChI=1S/C24H22FN3O/c1-16-5-11-21-22(13-16)28-23(27-21)12-8-17-3-2-4-20(14-17)26-24(29)15-18-6-9-19(25)10-7-18/h2-7,9-11,13-14H,8,12,15H2,1H3,(H,26,29)(H,27,28). The molecule has 0 aliphatic carbocycles. The predicted molar refractivity (Wildman–Crippen MR) is 113 cm³/mol. The maximum absolute atomic E-state index is 13.0. The van der Waals surface area contributed by atoms with E-state index in [2.05, 4.69) is 34.3 Å². The molecule has 0 unspecified atom stereocenters. The number of aromatic nitrogens is 2. The first kappa shape index (κ1) is 18.9. The Morgan fingerprint density at radius 3 is 2.66 bits per heavy atom. The fourth-order valence-corrected chi connectivity index (χ4v) is 3.35. The van der Waals surface area contributed by atoms with Gasteiger partial charge in [0.2, 0.25) is 5.91 Å². The molecule has 5 heteroatoms. The number of aryl methyl sites for hydroxylation is 3. The molecule has 3 aromatic carbocycles. The molecular formula is C24H22FN3O. The lowest BCUT2D eigenvalue weighted by molar-refractivity contribution is -0.115. The number of anilines is 1. The van der Waals surface area contributed by atoms with Crippen LogP contribution in [0.3, 0.4) is 0 Å². The Bertz CT molecular complexity index is 1150. The fraction of sp³-hybridized carbons (Fsp3) is 0.167. The minimum atomic E-state index is -0.304. The molecule has 0 aliphatic heterocycles. The predicted octanol–water partition coefficient (Wildman–Crippen LogP) is 4.98. The Labute approximate surface area is 168 Å². The highest BCUT2D eigenvalue weighted by atomic mass is 19.1. The molecule has 2 N–H and O–H groups in total. The summed E-state index contributed by atoms with van der Waals surface area (Å²) in [6.07, 6.45) is 1.82. The van der Waals surface area contributed by atoms with E-state index in [4.69, 9.17) is 0 Å². The van der Waals surface area contributed by atoms with E-state index in [0.29, 0.717) is 0 Å². The number of rotatable bonds is 6. The summed E-state index contributed by atoms with van der Waals surface area (Å²) in [5, 5.41) is 2.92. The molecule has 0 radical (unpaired) electrons. The van der Waals surface area contributed by atoms with Crippen molar-refractivity contribution < 1.29 is 9.18 Å². The second-order valence-electron chi connectivity index (χ2n) is 7.26. The van der Waals surface area contributed by atoms with Crippen LogP contribution in [0.15, 0.2) is 66.7 Å². The summed E-state index contributed by atoms with van der Waals surface area (Å²) in [6.45, 7) is 2.07. The van der Waals surface area contributed by atoms with Gasteiger partial charge in [0.15, 0.2) is 0 Å². The normalized spacial score (nSPS) is 11.0. The number of carbonyl (C=O) groups is 1. The zero-order valence-corrected chi connectivity index (χ0v) is 16.2. The Hall–Kier alpha value is -3.47. The maximum atomic E-state index is 13.0. The average molecular weight is 387 g/mol. The molecule has 1 amide bonds. The van der Waals surface area contributed by atoms with Crippen molar-refractivity contribution in [1.82, 2.24) is 9.97 Å². The zero-order chi connectivity index (χ0) is 20.2. The summed E-state index contributed by atoms with van der Waals surface area (Å²) >= 11 is 0. The molecule has 0 spiro atoms. The topological polar surface area (TPSA) is 57.8 Å². The number of H-pyrrole nitrogens is 1. The summed E-state index contributed by atoms with van der Waals surface area (Å²) in [4.78, 5) is 20.3. The van der Waals surface area contributed by atoms with Gasteiger partial charge in [0.05, 0.1) is 17.5 Å². The number of benzene rings is 3. The van der Waals surface area contributed by atoms with Crippen molar-refractivity contribution in [1.29, 1.82) is 0 Å². The third-order valence-corrected chi connectivity index (χ3v) is 4.83. The molecule has 29 heavy (non-hydrogen) atoms. The van der Waals surface area contributed by atoms with E-state index in [1.807, 2.05) is 30.3 Å². The van der Waals surface area contributed by atoms with E-state index in [9.17, 15) is 9.18 Å². The fourth-order valence-electron chi connectivity index (χ4n) is 3.35. The molecule has 0 atom stereocenters. The first-order chi connectivity index (χ1) is 14.0. The van der Waals surface area contributed by atoms with E-state index in [1.165, 1.54) is 17.7 Å². The monoisotopic (exact) mass is 387 g/mol. The number of halogens is 1. The third-order valence-electron chi connectivity index (χ3n) is 4.83. The van der Waals surface area contributed by atoms with Crippen molar-refractivity contribution in [3.63, 3.8) is 0 Å². The summed E-state index contributed by atoms with van der Waals surface area (Å²) in [5.41, 5.74) is 5.90. The minimum Gasteiger partial charge on any atom is -0.342 e. The average Bonchev–Trinajstić information content (AvgIpc) is 3.10. The van der Waals surface area contributed by atoms with Gasteiger partial charge in [-0.15, -0.1) is 0 Å². The molecule has 146 valence electrons. The summed E-state index contributed by atoms with van der Waals surface area (Å²) in [6, 6.07) is 20.0. The van der Waals surface area contributed by atoms with Crippen LogP contribution in [0, 0.1) is 12.7 Å². The first-order valence-corrected chi connectivity index (χ1v) is 9.64. The van der Waals surface area contributed by atoms with E-state index in [-0.39, 0.29) is 18.1 Å². The Kier molecular flexibility index (Phi) is 5.38. The number of hydrogen-bond acceptors (Lipinski definition) is 2. The Balaban J connectivity index is 1.37. The van der Waals surface area contributed by atoms with Gasteiger partial charge in [-0.25, -0.2) is 9.37 Å². The molecule has 0 aliphatic rings. The van der Waals surface area contributed by atoms with Crippen LogP contribution in [0.1, 0.15) is 22.5 Å². The number of carbonyl (C=O) groups excluding carboxylic acids is 1. The Morgan fingerprint density at radius 2 is 1.83 bits per heavy atom. The van der Waals surface area contributed by atoms with Gasteiger partial charge in [-0.3, -0.25) is 4.79 Å². The molecule has 4 nitrogen and oxygen atoms in total. The van der Waals surface area contributed by atoms with Crippen molar-refractivity contribution in [3.05, 3.63) is 95.1 Å². The lowest BCUT2D eigenvalue weighted by Crippen LogP contribution is -2.14. The first-order valence-electron chi connectivity index (χ1n) is 9.64. The highest BCUT2D eigenvalue weighted by molar-refractivity contribution is 5.92. The molecule has 4 rings (SSSR count). The highest BCUT2D eigenvalue weighted by Gasteiger charge is 2.07. The second kappa shape index (κ2) is 8.27. The number of hydrogen-bond donors (Lipinski definition) is 2. The number of nitrogens with one attached hydrogen (secondary N) is 2. The van der Waals surface area contributed by atoms with Gasteiger partial charge in [0, 0.05) is 12.1 Å². The van der Waals surface area contributed by atoms with Gasteiger partial charge < -0.3 is 10.3 Å². The molecule has 0 saturated carbocycles. The van der Waals surface area contributed by atoms with E-state index in [0.717, 1.165) is 46.5 Å². The minimum absolute atomic E-state index is 0.124. The lowest BCUT2D eigenvalue weighted by atomic mass is 10.1. The van der Waals surface area contributed by atoms with Crippen LogP contribution in [-0.2, 0) is 24.1 Å². The van der Waals surface area contributed by atoms with Crippen LogP contribution < -0.4 is 5.32 Å². The van der Waals surface area contributed by atoms with Gasteiger partial charge in [0.1, 0.15) is 11.6 Å². The Morgan fingerprint density at radius 1 is 1.00 bits per heavy atom. The summed E-state index contributed by atoms with van der Waals surface area (Å²) < 4.78 is 13.0. The maximum Gasteiger partial charge on any atom is 0.228 e. The van der Waals surface area contributed by atoms with Crippen molar-refractivity contribution in [2.24, 2.45) is 0 Å². The van der Waals surface area contributed by atoms with Crippen LogP contribution in [-0.4, -0.2) is 15.9 Å². The number of amides is 1. The van der Waals surface area contributed by atoms with Crippen LogP contribution in [0.2, 0.25) is 0 Å². The van der Waals surface area contributed by atoms with Crippen molar-refractivity contribution in [2.75, 3.05) is 5.32 Å². The van der Waals surface area contributed by atoms with Gasteiger partial charge in [-0.2, -0.15) is 0 Å². The molecule has 1 heterocycles. The quantitative estimate of drug-likeness (QED) is 0.490. The van der Waals surface area contributed by atoms with Crippen LogP contribution in [0.5, 0.6) is 0 Å². The SMILES string of the molecule is Cc1ccc2nc(CCc3cccc(NC(=O)Cc4ccc(F)cc4)c3)[nH]c2c1. The summed E-state index contributed by atoms with van der Waals surface area (Å²) in [5.74, 6) is 0.527. The molecule has 4 aromatic rings. The largest absolute Gasteiger partial charge is 0.342 e. The number of imidazole rings is 1. The van der Waals surface area contributed by atoms with Crippen LogP contribution in [0.25, 0.3) is 11.0 Å². The van der Waals surface area contributed by atoms with Gasteiger partial charge in [-0.05, 0) is 66.4 Å². The smallest absolute Gasteiger partial charge is 0.228 e. The van der Waals surface area contributed by atoms with Crippen molar-refractivity contribution >= 4 is 22.6 Å². The van der Waals surface area contributed by atoms with Gasteiger partial charge in [-0.1, -0.05) is 30.3 Å². The number of fused-ring (bicyclic) bond motifs is 1. The van der Waals surface area contributed by atoms with Crippen molar-refractivity contribution in [2.45, 2.75) is 26.2 Å². The van der Waals surface area contributed by atoms with Crippen molar-refractivity contribution in [3.8, 4) is 0 Å². The third kappa shape index (κ3) is 4.88.